The maximum absolute atomic E-state index is 12.6. The van der Waals surface area contributed by atoms with Gasteiger partial charge in [-0.15, -0.1) is 0 Å². The summed E-state index contributed by atoms with van der Waals surface area (Å²) in [5.41, 5.74) is 2.19. The Hall–Kier alpha value is -3.85. The van der Waals surface area contributed by atoms with Crippen molar-refractivity contribution in [2.45, 2.75) is 0 Å². The van der Waals surface area contributed by atoms with Crippen molar-refractivity contribution >= 4 is 39.2 Å². The molecule has 0 atom stereocenters. The minimum Gasteiger partial charge on any atom is -0.322 e. The first-order valence-corrected chi connectivity index (χ1v) is 9.67. The zero-order chi connectivity index (χ0) is 20.9. The molecule has 9 heteroatoms. The standard InChI is InChI=1S/C21H15BrN6O2/c22-16-6-9-19(24-11-16)27-21(30)15-2-1-3-17(10-15)26-20(29)14-4-7-18(8-5-14)28-13-23-12-25-28/h1-13H,(H,26,29)(H,24,27,30). The van der Waals surface area contributed by atoms with E-state index in [2.05, 4.69) is 41.6 Å². The van der Waals surface area contributed by atoms with E-state index >= 15 is 0 Å². The molecule has 2 N–H and O–H groups in total. The van der Waals surface area contributed by atoms with Gasteiger partial charge in [-0.3, -0.25) is 9.59 Å². The predicted octanol–water partition coefficient (Wildman–Crippen LogP) is 3.93. The van der Waals surface area contributed by atoms with Crippen molar-refractivity contribution in [2.75, 3.05) is 10.6 Å². The third-order valence-electron chi connectivity index (χ3n) is 4.16. The van der Waals surface area contributed by atoms with Gasteiger partial charge in [-0.1, -0.05) is 6.07 Å². The highest BCUT2D eigenvalue weighted by Gasteiger charge is 2.11. The lowest BCUT2D eigenvalue weighted by atomic mass is 10.1. The first-order valence-electron chi connectivity index (χ1n) is 8.88. The molecule has 0 radical (unpaired) electrons. The van der Waals surface area contributed by atoms with Gasteiger partial charge in [0, 0.05) is 27.5 Å². The summed E-state index contributed by atoms with van der Waals surface area (Å²) in [7, 11) is 0. The summed E-state index contributed by atoms with van der Waals surface area (Å²) < 4.78 is 2.42. The molecule has 0 bridgehead atoms. The van der Waals surface area contributed by atoms with Crippen LogP contribution in [0.4, 0.5) is 11.5 Å². The minimum atomic E-state index is -0.321. The van der Waals surface area contributed by atoms with E-state index in [0.717, 1.165) is 10.2 Å². The summed E-state index contributed by atoms with van der Waals surface area (Å²) in [6.45, 7) is 0. The van der Waals surface area contributed by atoms with Crippen molar-refractivity contribution in [1.29, 1.82) is 0 Å². The predicted molar refractivity (Wildman–Crippen MR) is 116 cm³/mol. The molecule has 0 unspecified atom stereocenters. The summed E-state index contributed by atoms with van der Waals surface area (Å²) in [5.74, 6) is -0.171. The van der Waals surface area contributed by atoms with Gasteiger partial charge in [-0.25, -0.2) is 14.6 Å². The number of carbonyl (C=O) groups is 2. The average Bonchev–Trinajstić information content (AvgIpc) is 3.30. The highest BCUT2D eigenvalue weighted by atomic mass is 79.9. The van der Waals surface area contributed by atoms with Gasteiger partial charge in [0.05, 0.1) is 5.69 Å². The summed E-state index contributed by atoms with van der Waals surface area (Å²) >= 11 is 3.30. The Morgan fingerprint density at radius 2 is 1.70 bits per heavy atom. The molecule has 148 valence electrons. The Bertz CT molecular complexity index is 1180. The van der Waals surface area contributed by atoms with Gasteiger partial charge in [-0.05, 0) is 70.5 Å². The van der Waals surface area contributed by atoms with E-state index in [0.29, 0.717) is 22.6 Å². The van der Waals surface area contributed by atoms with Crippen LogP contribution in [0.5, 0.6) is 0 Å². The van der Waals surface area contributed by atoms with Crippen molar-refractivity contribution < 1.29 is 9.59 Å². The fourth-order valence-electron chi connectivity index (χ4n) is 2.69. The van der Waals surface area contributed by atoms with Crippen molar-refractivity contribution in [3.05, 3.63) is 95.1 Å². The second kappa shape index (κ2) is 8.66. The normalized spacial score (nSPS) is 10.4. The molecule has 30 heavy (non-hydrogen) atoms. The second-order valence-electron chi connectivity index (χ2n) is 6.24. The number of hydrogen-bond acceptors (Lipinski definition) is 5. The van der Waals surface area contributed by atoms with Crippen LogP contribution in [-0.4, -0.2) is 31.6 Å². The molecule has 4 aromatic rings. The number of rotatable bonds is 5. The van der Waals surface area contributed by atoms with Crippen molar-refractivity contribution in [2.24, 2.45) is 0 Å². The van der Waals surface area contributed by atoms with Crippen molar-refractivity contribution in [3.63, 3.8) is 0 Å². The lowest BCUT2D eigenvalue weighted by molar-refractivity contribution is 0.101. The van der Waals surface area contributed by atoms with Crippen LogP contribution in [0.25, 0.3) is 5.69 Å². The Balaban J connectivity index is 1.44. The number of aromatic nitrogens is 4. The third kappa shape index (κ3) is 4.58. The van der Waals surface area contributed by atoms with Gasteiger partial charge in [0.2, 0.25) is 0 Å². The molecule has 0 aliphatic rings. The summed E-state index contributed by atoms with van der Waals surface area (Å²) in [5, 5.41) is 9.57. The number of anilines is 2. The lowest BCUT2D eigenvalue weighted by Crippen LogP contribution is -2.15. The van der Waals surface area contributed by atoms with Crippen LogP contribution < -0.4 is 10.6 Å². The Kier molecular flexibility index (Phi) is 5.62. The molecular weight excluding hydrogens is 448 g/mol. The molecule has 0 spiro atoms. The highest BCUT2D eigenvalue weighted by Crippen LogP contribution is 2.16. The topological polar surface area (TPSA) is 102 Å². The van der Waals surface area contributed by atoms with Crippen LogP contribution in [0, 0.1) is 0 Å². The van der Waals surface area contributed by atoms with Crippen molar-refractivity contribution in [1.82, 2.24) is 19.7 Å². The van der Waals surface area contributed by atoms with E-state index in [9.17, 15) is 9.59 Å². The summed E-state index contributed by atoms with van der Waals surface area (Å²) in [4.78, 5) is 33.0. The zero-order valence-electron chi connectivity index (χ0n) is 15.5. The van der Waals surface area contributed by atoms with Gasteiger partial charge in [0.25, 0.3) is 11.8 Å². The minimum absolute atomic E-state index is 0.285. The van der Waals surface area contributed by atoms with E-state index in [1.807, 2.05) is 0 Å². The van der Waals surface area contributed by atoms with Crippen LogP contribution in [0.2, 0.25) is 0 Å². The molecular formula is C21H15BrN6O2. The van der Waals surface area contributed by atoms with Gasteiger partial charge < -0.3 is 10.6 Å². The van der Waals surface area contributed by atoms with Crippen LogP contribution in [0.15, 0.2) is 84.0 Å². The number of amides is 2. The molecule has 0 saturated carbocycles. The third-order valence-corrected chi connectivity index (χ3v) is 4.63. The van der Waals surface area contributed by atoms with Crippen LogP contribution >= 0.6 is 15.9 Å². The molecule has 0 fully saturated rings. The molecule has 0 aliphatic carbocycles. The van der Waals surface area contributed by atoms with Gasteiger partial charge >= 0.3 is 0 Å². The number of carbonyl (C=O) groups excluding carboxylic acids is 2. The maximum Gasteiger partial charge on any atom is 0.256 e. The first-order chi connectivity index (χ1) is 14.6. The largest absolute Gasteiger partial charge is 0.322 e. The maximum atomic E-state index is 12.6. The molecule has 8 nitrogen and oxygen atoms in total. The number of hydrogen-bond donors (Lipinski definition) is 2. The van der Waals surface area contributed by atoms with E-state index in [4.69, 9.17) is 0 Å². The molecule has 0 aliphatic heterocycles. The molecule has 2 amide bonds. The van der Waals surface area contributed by atoms with Crippen molar-refractivity contribution in [3.8, 4) is 5.69 Å². The summed E-state index contributed by atoms with van der Waals surface area (Å²) in [6, 6.07) is 17.1. The fourth-order valence-corrected chi connectivity index (χ4v) is 2.92. The van der Waals surface area contributed by atoms with E-state index in [1.54, 1.807) is 77.9 Å². The Labute approximate surface area is 180 Å². The smallest absolute Gasteiger partial charge is 0.256 e. The van der Waals surface area contributed by atoms with Crippen LogP contribution in [0.3, 0.4) is 0 Å². The SMILES string of the molecule is O=C(Nc1cccc(C(=O)Nc2ccc(Br)cn2)c1)c1ccc(-n2cncn2)cc1. The average molecular weight is 463 g/mol. The van der Waals surface area contributed by atoms with Gasteiger partial charge in [0.15, 0.2) is 0 Å². The number of nitrogens with one attached hydrogen (secondary N) is 2. The molecule has 2 aromatic carbocycles. The Morgan fingerprint density at radius 3 is 2.40 bits per heavy atom. The van der Waals surface area contributed by atoms with E-state index in [-0.39, 0.29) is 11.8 Å². The number of halogens is 1. The second-order valence-corrected chi connectivity index (χ2v) is 7.15. The van der Waals surface area contributed by atoms with E-state index < -0.39 is 0 Å². The van der Waals surface area contributed by atoms with Gasteiger partial charge in [-0.2, -0.15) is 5.10 Å². The molecule has 2 heterocycles. The number of pyridine rings is 1. The molecule has 0 saturated heterocycles. The number of nitrogens with zero attached hydrogens (tertiary/aromatic N) is 4. The molecule has 2 aromatic heterocycles. The van der Waals surface area contributed by atoms with Crippen LogP contribution in [-0.2, 0) is 0 Å². The zero-order valence-corrected chi connectivity index (χ0v) is 17.1. The Morgan fingerprint density at radius 1 is 0.900 bits per heavy atom. The lowest BCUT2D eigenvalue weighted by Gasteiger charge is -2.09. The highest BCUT2D eigenvalue weighted by molar-refractivity contribution is 9.10. The van der Waals surface area contributed by atoms with E-state index in [1.165, 1.54) is 6.33 Å². The van der Waals surface area contributed by atoms with Crippen LogP contribution in [0.1, 0.15) is 20.7 Å². The monoisotopic (exact) mass is 462 g/mol. The quantitative estimate of drug-likeness (QED) is 0.467. The first kappa shape index (κ1) is 19.5. The summed E-state index contributed by atoms with van der Waals surface area (Å²) in [6.07, 6.45) is 4.62. The number of benzene rings is 2. The van der Waals surface area contributed by atoms with Gasteiger partial charge in [0.1, 0.15) is 18.5 Å². The molecule has 4 rings (SSSR count). The fraction of sp³-hybridized carbons (Fsp3) is 0.